The third kappa shape index (κ3) is 1.92. The maximum atomic E-state index is 5.70. The van der Waals surface area contributed by atoms with Crippen molar-refractivity contribution >= 4 is 5.65 Å². The number of rotatable bonds is 3. The van der Waals surface area contributed by atoms with E-state index in [9.17, 15) is 0 Å². The Hall–Kier alpha value is -1.46. The van der Waals surface area contributed by atoms with Crippen molar-refractivity contribution in [1.29, 1.82) is 0 Å². The Morgan fingerprint density at radius 3 is 3.18 bits per heavy atom. The second-order valence-corrected chi connectivity index (χ2v) is 4.54. The van der Waals surface area contributed by atoms with E-state index in [1.807, 2.05) is 18.3 Å². The van der Waals surface area contributed by atoms with Crippen LogP contribution in [0.1, 0.15) is 24.2 Å². The molecule has 1 aliphatic heterocycles. The van der Waals surface area contributed by atoms with Crippen molar-refractivity contribution in [2.24, 2.45) is 5.73 Å². The molecule has 1 fully saturated rings. The van der Waals surface area contributed by atoms with Crippen molar-refractivity contribution in [2.45, 2.75) is 31.8 Å². The van der Waals surface area contributed by atoms with Gasteiger partial charge in [0.2, 0.25) is 0 Å². The molecule has 90 valence electrons. The van der Waals surface area contributed by atoms with Gasteiger partial charge in [-0.1, -0.05) is 6.07 Å². The predicted molar refractivity (Wildman–Crippen MR) is 65.6 cm³/mol. The molecular formula is C12H17N5. The van der Waals surface area contributed by atoms with Gasteiger partial charge in [0.1, 0.15) is 5.82 Å². The summed E-state index contributed by atoms with van der Waals surface area (Å²) >= 11 is 0. The third-order valence-corrected chi connectivity index (χ3v) is 3.40. The summed E-state index contributed by atoms with van der Waals surface area (Å²) < 4.78 is 2.06. The quantitative estimate of drug-likeness (QED) is 0.806. The summed E-state index contributed by atoms with van der Waals surface area (Å²) in [5, 5.41) is 12.0. The zero-order valence-electron chi connectivity index (χ0n) is 9.76. The van der Waals surface area contributed by atoms with Crippen LogP contribution in [-0.2, 0) is 13.0 Å². The van der Waals surface area contributed by atoms with Crippen molar-refractivity contribution in [1.82, 2.24) is 19.9 Å². The summed E-state index contributed by atoms with van der Waals surface area (Å²) in [6, 6.07) is 4.55. The van der Waals surface area contributed by atoms with Crippen molar-refractivity contribution in [2.75, 3.05) is 6.54 Å². The molecular weight excluding hydrogens is 214 g/mol. The molecule has 0 aliphatic carbocycles. The Labute approximate surface area is 100 Å². The van der Waals surface area contributed by atoms with Gasteiger partial charge in [-0.15, -0.1) is 10.2 Å². The van der Waals surface area contributed by atoms with Crippen LogP contribution in [0.25, 0.3) is 5.65 Å². The lowest BCUT2D eigenvalue weighted by Crippen LogP contribution is -2.24. The van der Waals surface area contributed by atoms with E-state index in [4.69, 9.17) is 5.73 Å². The fourth-order valence-electron chi connectivity index (χ4n) is 2.47. The van der Waals surface area contributed by atoms with Crippen LogP contribution in [0, 0.1) is 0 Å². The Balaban J connectivity index is 1.94. The number of fused-ring (bicyclic) bond motifs is 1. The highest BCUT2D eigenvalue weighted by Crippen LogP contribution is 2.14. The van der Waals surface area contributed by atoms with Gasteiger partial charge < -0.3 is 11.1 Å². The van der Waals surface area contributed by atoms with E-state index in [2.05, 4.69) is 19.9 Å². The first kappa shape index (κ1) is 10.7. The number of nitrogens with zero attached hydrogens (tertiary/aromatic N) is 3. The molecule has 3 heterocycles. The van der Waals surface area contributed by atoms with Gasteiger partial charge in [-0.25, -0.2) is 0 Å². The summed E-state index contributed by atoms with van der Waals surface area (Å²) in [4.78, 5) is 0. The van der Waals surface area contributed by atoms with Crippen LogP contribution in [0.5, 0.6) is 0 Å². The lowest BCUT2D eigenvalue weighted by molar-refractivity contribution is 0.582. The minimum Gasteiger partial charge on any atom is -0.326 e. The number of nitrogens with two attached hydrogens (primary N) is 1. The number of nitrogens with one attached hydrogen (secondary N) is 1. The largest absolute Gasteiger partial charge is 0.326 e. The average molecular weight is 231 g/mol. The third-order valence-electron chi connectivity index (χ3n) is 3.40. The van der Waals surface area contributed by atoms with Gasteiger partial charge >= 0.3 is 0 Å². The van der Waals surface area contributed by atoms with Crippen LogP contribution in [0.3, 0.4) is 0 Å². The van der Waals surface area contributed by atoms with Gasteiger partial charge in [-0.05, 0) is 25.5 Å². The molecule has 0 saturated carbocycles. The standard InChI is InChI=1S/C12H17N5/c13-8-9-3-2-6-17-11(15-16-12(9)17)7-10-4-1-5-14-10/h2-3,6,10,14H,1,4-5,7-8,13H2. The second-order valence-electron chi connectivity index (χ2n) is 4.54. The predicted octanol–water partition coefficient (Wildman–Crippen LogP) is 0.482. The van der Waals surface area contributed by atoms with Gasteiger partial charge in [0.15, 0.2) is 5.65 Å². The Morgan fingerprint density at radius 1 is 1.47 bits per heavy atom. The minimum absolute atomic E-state index is 0.504. The molecule has 1 aliphatic rings. The second kappa shape index (κ2) is 4.43. The molecule has 5 nitrogen and oxygen atoms in total. The molecule has 1 unspecified atom stereocenters. The van der Waals surface area contributed by atoms with Crippen LogP contribution in [0.2, 0.25) is 0 Å². The zero-order valence-corrected chi connectivity index (χ0v) is 9.76. The Kier molecular flexibility index (Phi) is 2.78. The van der Waals surface area contributed by atoms with Gasteiger partial charge in [0, 0.05) is 30.8 Å². The van der Waals surface area contributed by atoms with Gasteiger partial charge in [0.05, 0.1) is 0 Å². The number of aromatic nitrogens is 3. The fraction of sp³-hybridized carbons (Fsp3) is 0.500. The summed E-state index contributed by atoms with van der Waals surface area (Å²) in [7, 11) is 0. The smallest absolute Gasteiger partial charge is 0.165 e. The number of hydrogen-bond acceptors (Lipinski definition) is 4. The number of pyridine rings is 1. The summed E-state index contributed by atoms with van der Waals surface area (Å²) in [5.41, 5.74) is 7.63. The lowest BCUT2D eigenvalue weighted by Gasteiger charge is -2.08. The van der Waals surface area contributed by atoms with Crippen molar-refractivity contribution in [3.63, 3.8) is 0 Å². The topological polar surface area (TPSA) is 68.2 Å². The van der Waals surface area contributed by atoms with Crippen molar-refractivity contribution < 1.29 is 0 Å². The first-order valence-electron chi connectivity index (χ1n) is 6.13. The maximum absolute atomic E-state index is 5.70. The van der Waals surface area contributed by atoms with Gasteiger partial charge in [0.25, 0.3) is 0 Å². The first-order valence-corrected chi connectivity index (χ1v) is 6.13. The average Bonchev–Trinajstić information content (AvgIpc) is 2.99. The molecule has 17 heavy (non-hydrogen) atoms. The lowest BCUT2D eigenvalue weighted by atomic mass is 10.1. The Morgan fingerprint density at radius 2 is 2.41 bits per heavy atom. The molecule has 2 aromatic heterocycles. The van der Waals surface area contributed by atoms with Gasteiger partial charge in [-0.2, -0.15) is 0 Å². The minimum atomic E-state index is 0.504. The van der Waals surface area contributed by atoms with E-state index >= 15 is 0 Å². The van der Waals surface area contributed by atoms with E-state index in [-0.39, 0.29) is 0 Å². The molecule has 1 saturated heterocycles. The van der Waals surface area contributed by atoms with E-state index in [1.54, 1.807) is 0 Å². The summed E-state index contributed by atoms with van der Waals surface area (Å²) in [5.74, 6) is 1.02. The Bertz CT molecular complexity index is 513. The SMILES string of the molecule is NCc1cccn2c(CC3CCCN3)nnc12. The molecule has 0 spiro atoms. The molecule has 1 atom stereocenters. The van der Waals surface area contributed by atoms with Crippen LogP contribution in [0.15, 0.2) is 18.3 Å². The highest BCUT2D eigenvalue weighted by molar-refractivity contribution is 5.47. The molecule has 3 N–H and O–H groups in total. The van der Waals surface area contributed by atoms with Crippen molar-refractivity contribution in [3.8, 4) is 0 Å². The van der Waals surface area contributed by atoms with E-state index in [1.165, 1.54) is 12.8 Å². The highest BCUT2D eigenvalue weighted by atomic mass is 15.2. The van der Waals surface area contributed by atoms with Crippen LogP contribution < -0.4 is 11.1 Å². The molecule has 2 aromatic rings. The first-order chi connectivity index (χ1) is 8.38. The normalized spacial score (nSPS) is 20.2. The van der Waals surface area contributed by atoms with Crippen molar-refractivity contribution in [3.05, 3.63) is 29.7 Å². The fourth-order valence-corrected chi connectivity index (χ4v) is 2.47. The zero-order chi connectivity index (χ0) is 11.7. The van der Waals surface area contributed by atoms with Gasteiger partial charge in [-0.3, -0.25) is 4.40 Å². The molecule has 5 heteroatoms. The van der Waals surface area contributed by atoms with Crippen LogP contribution >= 0.6 is 0 Å². The monoisotopic (exact) mass is 231 g/mol. The highest BCUT2D eigenvalue weighted by Gasteiger charge is 2.17. The van der Waals surface area contributed by atoms with E-state index in [0.717, 1.165) is 30.0 Å². The maximum Gasteiger partial charge on any atom is 0.165 e. The molecule has 0 amide bonds. The summed E-state index contributed by atoms with van der Waals surface area (Å²) in [6.45, 7) is 1.62. The van der Waals surface area contributed by atoms with E-state index < -0.39 is 0 Å². The molecule has 0 radical (unpaired) electrons. The van der Waals surface area contributed by atoms with Crippen LogP contribution in [0.4, 0.5) is 0 Å². The molecule has 0 aromatic carbocycles. The molecule has 3 rings (SSSR count). The molecule has 0 bridgehead atoms. The summed E-state index contributed by atoms with van der Waals surface area (Å²) in [6.07, 6.45) is 5.44. The van der Waals surface area contributed by atoms with Crippen LogP contribution in [-0.4, -0.2) is 27.2 Å². The number of hydrogen-bond donors (Lipinski definition) is 2. The van der Waals surface area contributed by atoms with E-state index in [0.29, 0.717) is 12.6 Å².